The van der Waals surface area contributed by atoms with E-state index in [-0.39, 0.29) is 17.5 Å². The fraction of sp³-hybridized carbons (Fsp3) is 0.263. The van der Waals surface area contributed by atoms with Gasteiger partial charge in [-0.25, -0.2) is 9.78 Å². The largest absolute Gasteiger partial charge is 0.349 e. The van der Waals surface area contributed by atoms with Crippen LogP contribution >= 0.6 is 0 Å². The SMILES string of the molecule is Cc1ccccc1C[C@@H](C)NC(=O)c1cnn(-c2ccc(=O)[nH]n2)c1C. The number of amides is 1. The third-order valence-corrected chi connectivity index (χ3v) is 4.30. The molecule has 0 aliphatic rings. The Morgan fingerprint density at radius 2 is 2.00 bits per heavy atom. The zero-order valence-corrected chi connectivity index (χ0v) is 15.0. The lowest BCUT2D eigenvalue weighted by Gasteiger charge is -2.15. The molecule has 0 fully saturated rings. The molecule has 134 valence electrons. The molecule has 1 amide bonds. The predicted octanol–water partition coefficient (Wildman–Crippen LogP) is 1.93. The summed E-state index contributed by atoms with van der Waals surface area (Å²) in [6.45, 7) is 5.84. The first-order chi connectivity index (χ1) is 12.5. The highest BCUT2D eigenvalue weighted by molar-refractivity contribution is 5.95. The van der Waals surface area contributed by atoms with E-state index in [0.29, 0.717) is 17.1 Å². The molecule has 0 saturated heterocycles. The van der Waals surface area contributed by atoms with E-state index in [2.05, 4.69) is 39.7 Å². The maximum absolute atomic E-state index is 12.6. The lowest BCUT2D eigenvalue weighted by molar-refractivity contribution is 0.0939. The summed E-state index contributed by atoms with van der Waals surface area (Å²) in [5.74, 6) is 0.272. The van der Waals surface area contributed by atoms with Gasteiger partial charge in [-0.1, -0.05) is 24.3 Å². The predicted molar refractivity (Wildman–Crippen MR) is 98.5 cm³/mol. The number of aromatic amines is 1. The van der Waals surface area contributed by atoms with Crippen molar-refractivity contribution in [3.63, 3.8) is 0 Å². The van der Waals surface area contributed by atoms with Crippen LogP contribution in [0.15, 0.2) is 47.4 Å². The van der Waals surface area contributed by atoms with Gasteiger partial charge in [0.1, 0.15) is 0 Å². The number of H-pyrrole nitrogens is 1. The Morgan fingerprint density at radius 3 is 2.69 bits per heavy atom. The summed E-state index contributed by atoms with van der Waals surface area (Å²) in [4.78, 5) is 23.7. The number of carbonyl (C=O) groups is 1. The summed E-state index contributed by atoms with van der Waals surface area (Å²) < 4.78 is 1.52. The second kappa shape index (κ2) is 7.35. The van der Waals surface area contributed by atoms with Crippen LogP contribution in [0, 0.1) is 13.8 Å². The van der Waals surface area contributed by atoms with Crippen molar-refractivity contribution in [3.05, 3.63) is 75.3 Å². The van der Waals surface area contributed by atoms with E-state index in [0.717, 1.165) is 6.42 Å². The van der Waals surface area contributed by atoms with Crippen LogP contribution in [0.25, 0.3) is 5.82 Å². The third kappa shape index (κ3) is 3.72. The van der Waals surface area contributed by atoms with Gasteiger partial charge < -0.3 is 5.32 Å². The molecule has 3 aromatic rings. The van der Waals surface area contributed by atoms with Gasteiger partial charge in [0, 0.05) is 12.1 Å². The van der Waals surface area contributed by atoms with Crippen LogP contribution in [0.1, 0.15) is 34.1 Å². The number of nitrogens with one attached hydrogen (secondary N) is 2. The lowest BCUT2D eigenvalue weighted by atomic mass is 10.0. The van der Waals surface area contributed by atoms with Gasteiger partial charge >= 0.3 is 0 Å². The van der Waals surface area contributed by atoms with Crippen molar-refractivity contribution in [2.75, 3.05) is 0 Å². The van der Waals surface area contributed by atoms with Crippen molar-refractivity contribution in [2.24, 2.45) is 0 Å². The Hall–Kier alpha value is -3.22. The Kier molecular flexibility index (Phi) is 4.97. The first-order valence-corrected chi connectivity index (χ1v) is 8.42. The minimum atomic E-state index is -0.290. The monoisotopic (exact) mass is 351 g/mol. The van der Waals surface area contributed by atoms with E-state index >= 15 is 0 Å². The van der Waals surface area contributed by atoms with Gasteiger partial charge in [-0.2, -0.15) is 10.2 Å². The third-order valence-electron chi connectivity index (χ3n) is 4.30. The van der Waals surface area contributed by atoms with Crippen molar-refractivity contribution in [1.82, 2.24) is 25.3 Å². The zero-order valence-electron chi connectivity index (χ0n) is 15.0. The highest BCUT2D eigenvalue weighted by atomic mass is 16.1. The molecule has 0 aliphatic heterocycles. The van der Waals surface area contributed by atoms with Crippen molar-refractivity contribution in [1.29, 1.82) is 0 Å². The quantitative estimate of drug-likeness (QED) is 0.735. The summed E-state index contributed by atoms with van der Waals surface area (Å²) in [6, 6.07) is 11.1. The number of aryl methyl sites for hydroxylation is 1. The van der Waals surface area contributed by atoms with Crippen molar-refractivity contribution in [2.45, 2.75) is 33.2 Å². The number of rotatable bonds is 5. The molecular weight excluding hydrogens is 330 g/mol. The van der Waals surface area contributed by atoms with Gasteiger partial charge in [0.05, 0.1) is 17.5 Å². The Balaban J connectivity index is 1.73. The van der Waals surface area contributed by atoms with Crippen molar-refractivity contribution < 1.29 is 4.79 Å². The van der Waals surface area contributed by atoms with Crippen LogP contribution in [-0.2, 0) is 6.42 Å². The molecule has 26 heavy (non-hydrogen) atoms. The van der Waals surface area contributed by atoms with Crippen LogP contribution in [0.4, 0.5) is 0 Å². The van der Waals surface area contributed by atoms with Gasteiger partial charge in [-0.15, -0.1) is 0 Å². The molecule has 0 unspecified atom stereocenters. The standard InChI is InChI=1S/C19H21N5O2/c1-12-6-4-5-7-15(12)10-13(2)21-19(26)16-11-20-24(14(16)3)17-8-9-18(25)23-22-17/h4-9,11,13H,10H2,1-3H3,(H,21,26)(H,23,25)/t13-/m1/s1. The van der Waals surface area contributed by atoms with E-state index in [1.54, 1.807) is 13.0 Å². The Bertz CT molecular complexity index is 969. The number of carbonyl (C=O) groups excluding carboxylic acids is 1. The second-order valence-electron chi connectivity index (χ2n) is 6.34. The van der Waals surface area contributed by atoms with Crippen LogP contribution in [0.2, 0.25) is 0 Å². The topological polar surface area (TPSA) is 92.7 Å². The summed E-state index contributed by atoms with van der Waals surface area (Å²) in [7, 11) is 0. The van der Waals surface area contributed by atoms with E-state index in [1.165, 1.54) is 28.1 Å². The molecule has 0 bridgehead atoms. The number of aromatic nitrogens is 4. The summed E-state index contributed by atoms with van der Waals surface area (Å²) in [5, 5.41) is 13.5. The zero-order chi connectivity index (χ0) is 18.7. The number of nitrogens with zero attached hydrogens (tertiary/aromatic N) is 3. The maximum Gasteiger partial charge on any atom is 0.264 e. The van der Waals surface area contributed by atoms with Crippen LogP contribution in [-0.4, -0.2) is 31.9 Å². The molecule has 0 spiro atoms. The Morgan fingerprint density at radius 1 is 1.23 bits per heavy atom. The Labute approximate surface area is 151 Å². The minimum absolute atomic E-state index is 0.0162. The minimum Gasteiger partial charge on any atom is -0.349 e. The molecule has 7 heteroatoms. The molecule has 0 aliphatic carbocycles. The van der Waals surface area contributed by atoms with E-state index in [1.807, 2.05) is 19.1 Å². The smallest absolute Gasteiger partial charge is 0.264 e. The van der Waals surface area contributed by atoms with Gasteiger partial charge in [-0.3, -0.25) is 9.59 Å². The fourth-order valence-corrected chi connectivity index (χ4v) is 2.84. The summed E-state index contributed by atoms with van der Waals surface area (Å²) in [6.07, 6.45) is 2.27. The normalized spacial score (nSPS) is 12.0. The maximum atomic E-state index is 12.6. The van der Waals surface area contributed by atoms with Gasteiger partial charge in [0.25, 0.3) is 11.5 Å². The highest BCUT2D eigenvalue weighted by Crippen LogP contribution is 2.13. The van der Waals surface area contributed by atoms with E-state index in [9.17, 15) is 9.59 Å². The molecule has 3 rings (SSSR count). The van der Waals surface area contributed by atoms with E-state index < -0.39 is 0 Å². The molecule has 2 N–H and O–H groups in total. The number of hydrogen-bond donors (Lipinski definition) is 2. The average Bonchev–Trinajstić information content (AvgIpc) is 2.99. The van der Waals surface area contributed by atoms with Crippen LogP contribution in [0.5, 0.6) is 0 Å². The molecule has 1 aromatic carbocycles. The van der Waals surface area contributed by atoms with Gasteiger partial charge in [-0.05, 0) is 44.4 Å². The second-order valence-corrected chi connectivity index (χ2v) is 6.34. The summed E-state index contributed by atoms with van der Waals surface area (Å²) in [5.41, 5.74) is 3.27. The van der Waals surface area contributed by atoms with E-state index in [4.69, 9.17) is 0 Å². The molecular formula is C19H21N5O2. The number of hydrogen-bond acceptors (Lipinski definition) is 4. The molecule has 2 aromatic heterocycles. The molecule has 0 saturated carbocycles. The van der Waals surface area contributed by atoms with Crippen molar-refractivity contribution >= 4 is 5.91 Å². The lowest BCUT2D eigenvalue weighted by Crippen LogP contribution is -2.34. The van der Waals surface area contributed by atoms with Crippen LogP contribution < -0.4 is 10.9 Å². The highest BCUT2D eigenvalue weighted by Gasteiger charge is 2.18. The first kappa shape index (κ1) is 17.6. The number of benzene rings is 1. The average molecular weight is 351 g/mol. The molecule has 0 radical (unpaired) electrons. The molecule has 7 nitrogen and oxygen atoms in total. The van der Waals surface area contributed by atoms with Crippen LogP contribution in [0.3, 0.4) is 0 Å². The summed E-state index contributed by atoms with van der Waals surface area (Å²) >= 11 is 0. The fourth-order valence-electron chi connectivity index (χ4n) is 2.84. The first-order valence-electron chi connectivity index (χ1n) is 8.42. The molecule has 1 atom stereocenters. The van der Waals surface area contributed by atoms with Gasteiger partial charge in [0.2, 0.25) is 0 Å². The van der Waals surface area contributed by atoms with Crippen molar-refractivity contribution in [3.8, 4) is 5.82 Å². The molecule has 2 heterocycles. The van der Waals surface area contributed by atoms with Gasteiger partial charge in [0.15, 0.2) is 5.82 Å².